The number of anilines is 4. The van der Waals surface area contributed by atoms with Crippen molar-refractivity contribution in [2.45, 2.75) is 105 Å². The van der Waals surface area contributed by atoms with Gasteiger partial charge in [-0.2, -0.15) is 0 Å². The molecule has 0 amide bonds. The van der Waals surface area contributed by atoms with Crippen LogP contribution in [0.4, 0.5) is 22.7 Å². The molecule has 6 nitrogen and oxygen atoms in total. The van der Waals surface area contributed by atoms with Gasteiger partial charge < -0.3 is 19.3 Å². The Labute approximate surface area is 457 Å². The summed E-state index contributed by atoms with van der Waals surface area (Å²) in [7, 11) is 0. The molecule has 77 heavy (non-hydrogen) atoms. The number of aromatic nitrogens is 2. The molecule has 10 aromatic rings. The van der Waals surface area contributed by atoms with Crippen LogP contribution in [0.5, 0.6) is 23.0 Å². The van der Waals surface area contributed by atoms with E-state index in [1.165, 1.54) is 22.3 Å². The molecule has 1 aliphatic carbocycles. The van der Waals surface area contributed by atoms with E-state index in [0.717, 1.165) is 96.7 Å². The quantitative estimate of drug-likeness (QED) is 0.173. The number of pyridine rings is 1. The maximum atomic E-state index is 9.76. The monoisotopic (exact) mass is 1010 g/mol. The summed E-state index contributed by atoms with van der Waals surface area (Å²) in [6.07, 6.45) is 2.38. The van der Waals surface area contributed by atoms with Crippen molar-refractivity contribution in [3.8, 4) is 62.2 Å². The van der Waals surface area contributed by atoms with E-state index in [4.69, 9.17) is 14.5 Å². The Morgan fingerprint density at radius 1 is 0.519 bits per heavy atom. The minimum Gasteiger partial charge on any atom is -0.457 e. The van der Waals surface area contributed by atoms with Crippen LogP contribution in [0.1, 0.15) is 107 Å². The molecule has 0 fully saturated rings. The Bertz CT molecular complexity index is 4060. The Morgan fingerprint density at radius 3 is 1.82 bits per heavy atom. The van der Waals surface area contributed by atoms with E-state index >= 15 is 0 Å². The van der Waals surface area contributed by atoms with E-state index in [1.54, 1.807) is 0 Å². The maximum Gasteiger partial charge on any atom is 0.137 e. The Morgan fingerprint density at radius 2 is 1.12 bits per heavy atom. The SMILES string of the molecule is [2H]C([2H])(c1cc2ncc1-c1ccc(cc1)Oc1ccc(cc1)-c1cccc(-c3ccc4c(c3)C(C)(C)CCC4(C)C)c1N1CN(c3cc(cc(C(C)(C)C)c3)Oc3ccc4c5ccccc5n-2c4c3)c2ccccc21)C(C)(C)C. The van der Waals surface area contributed by atoms with Crippen LogP contribution in [0.25, 0.3) is 61.0 Å². The van der Waals surface area contributed by atoms with Gasteiger partial charge in [-0.3, -0.25) is 4.57 Å². The summed E-state index contributed by atoms with van der Waals surface area (Å²) >= 11 is 0. The van der Waals surface area contributed by atoms with Gasteiger partial charge in [0, 0.05) is 54.2 Å². The van der Waals surface area contributed by atoms with Crippen LogP contribution in [0.3, 0.4) is 0 Å². The molecule has 384 valence electrons. The topological polar surface area (TPSA) is 42.8 Å². The summed E-state index contributed by atoms with van der Waals surface area (Å²) in [4.78, 5) is 10.1. The number of benzene rings is 8. The van der Waals surface area contributed by atoms with Crippen molar-refractivity contribution < 1.29 is 12.2 Å². The predicted octanol–water partition coefficient (Wildman–Crippen LogP) is 19.6. The summed E-state index contributed by atoms with van der Waals surface area (Å²) < 4.78 is 35.4. The molecule has 9 heterocycles. The molecular weight excluding hydrogens is 941 g/mol. The number of ether oxygens (including phenoxy) is 2. The summed E-state index contributed by atoms with van der Waals surface area (Å²) in [6.45, 7) is 22.8. The van der Waals surface area contributed by atoms with Crippen LogP contribution in [0, 0.1) is 5.41 Å². The van der Waals surface area contributed by atoms with Gasteiger partial charge >= 0.3 is 0 Å². The Balaban J connectivity index is 1.04. The first-order valence-corrected chi connectivity index (χ1v) is 27.3. The van der Waals surface area contributed by atoms with Gasteiger partial charge in [-0.25, -0.2) is 4.98 Å². The van der Waals surface area contributed by atoms with E-state index in [9.17, 15) is 2.74 Å². The molecule has 2 aromatic heterocycles. The average Bonchev–Trinajstić information content (AvgIpc) is 4.16. The van der Waals surface area contributed by atoms with Crippen molar-refractivity contribution in [3.63, 3.8) is 0 Å². The molecule has 0 atom stereocenters. The molecule has 6 heteroatoms. The van der Waals surface area contributed by atoms with Gasteiger partial charge in [-0.1, -0.05) is 160 Å². The van der Waals surface area contributed by atoms with E-state index < -0.39 is 11.8 Å². The number of hydrogen-bond acceptors (Lipinski definition) is 5. The summed E-state index contributed by atoms with van der Waals surface area (Å²) in [5.41, 5.74) is 16.2. The molecule has 0 saturated carbocycles. The molecule has 0 radical (unpaired) electrons. The van der Waals surface area contributed by atoms with Gasteiger partial charge in [0.25, 0.3) is 0 Å². The van der Waals surface area contributed by atoms with Crippen molar-refractivity contribution in [1.82, 2.24) is 9.55 Å². The lowest BCUT2D eigenvalue weighted by Crippen LogP contribution is -2.33. The first-order chi connectivity index (χ1) is 37.6. The highest BCUT2D eigenvalue weighted by Crippen LogP contribution is 2.53. The second-order valence-electron chi connectivity index (χ2n) is 24.9. The zero-order valence-corrected chi connectivity index (χ0v) is 46.0. The molecule has 18 rings (SSSR count). The summed E-state index contributed by atoms with van der Waals surface area (Å²) in [5, 5.41) is 2.12. The van der Waals surface area contributed by atoms with Gasteiger partial charge in [0.2, 0.25) is 0 Å². The smallest absolute Gasteiger partial charge is 0.137 e. The molecule has 7 aliphatic heterocycles. The zero-order chi connectivity index (χ0) is 55.0. The first-order valence-electron chi connectivity index (χ1n) is 28.3. The number of nitrogens with zero attached hydrogens (tertiary/aromatic N) is 4. The van der Waals surface area contributed by atoms with Crippen LogP contribution in [-0.4, -0.2) is 16.2 Å². The number of fused-ring (bicyclic) bond motifs is 4. The number of para-hydroxylation sites is 4. The van der Waals surface area contributed by atoms with Gasteiger partial charge in [-0.05, 0) is 153 Å². The van der Waals surface area contributed by atoms with E-state index in [-0.39, 0.29) is 16.2 Å². The normalized spacial score (nSPS) is 16.0. The molecular formula is C71H68N4O2. The van der Waals surface area contributed by atoms with Crippen molar-refractivity contribution >= 4 is 44.6 Å². The molecule has 8 aliphatic rings. The fourth-order valence-electron chi connectivity index (χ4n) is 12.2. The highest BCUT2D eigenvalue weighted by molar-refractivity contribution is 6.09. The van der Waals surface area contributed by atoms with Crippen LogP contribution >= 0.6 is 0 Å². The third kappa shape index (κ3) is 8.63. The number of hydrogen-bond donors (Lipinski definition) is 0. The first kappa shape index (κ1) is 46.2. The summed E-state index contributed by atoms with van der Waals surface area (Å²) in [5.74, 6) is 3.44. The third-order valence-corrected chi connectivity index (χ3v) is 16.4. The van der Waals surface area contributed by atoms with E-state index in [2.05, 4.69) is 202 Å². The van der Waals surface area contributed by atoms with Crippen molar-refractivity contribution in [2.75, 3.05) is 16.5 Å². The maximum absolute atomic E-state index is 9.76. The second-order valence-corrected chi connectivity index (χ2v) is 24.9. The second kappa shape index (κ2) is 17.7. The van der Waals surface area contributed by atoms with Crippen LogP contribution in [0.2, 0.25) is 0 Å². The number of rotatable bonds is 2. The lowest BCUT2D eigenvalue weighted by Gasteiger charge is -2.42. The molecule has 0 saturated heterocycles. The molecule has 0 unspecified atom stereocenters. The fraction of sp³-hybridized carbons (Fsp3) is 0.254. The largest absolute Gasteiger partial charge is 0.457 e. The Hall–Kier alpha value is -8.09. The molecule has 0 spiro atoms. The van der Waals surface area contributed by atoms with E-state index in [0.29, 0.717) is 29.5 Å². The van der Waals surface area contributed by atoms with Gasteiger partial charge in [0.15, 0.2) is 0 Å². The standard InChI is InChI=1S/C71H68N4O2/c1-68(2,3)42-48-37-66-72-43-59(48)46-24-29-52(30-25-46)76-51-27-22-45(23-28-51)55-17-15-18-56(47-26-33-60-61(36-47)71(9,10)35-34-70(60,7)8)67(55)74-44-73(63-20-13-14-21-64(63)74)50-38-49(69(4,5)6)39-54(40-50)77-53-31-32-58-57-16-11-12-19-62(57)75(66)65(58)41-53/h11-33,36-41,43H,34-35,42,44H2,1-10H3/i42D2. The lowest BCUT2D eigenvalue weighted by atomic mass is 9.63. The van der Waals surface area contributed by atoms with Gasteiger partial charge in [0.1, 0.15) is 35.5 Å². The fourth-order valence-corrected chi connectivity index (χ4v) is 12.2. The van der Waals surface area contributed by atoms with Gasteiger partial charge in [-0.15, -0.1) is 0 Å². The van der Waals surface area contributed by atoms with Crippen LogP contribution < -0.4 is 19.3 Å². The molecule has 12 bridgehead atoms. The van der Waals surface area contributed by atoms with Crippen molar-refractivity contribution in [2.24, 2.45) is 5.41 Å². The molecule has 8 aromatic carbocycles. The molecule has 0 N–H and O–H groups in total. The predicted molar refractivity (Wildman–Crippen MR) is 321 cm³/mol. The van der Waals surface area contributed by atoms with Crippen LogP contribution in [-0.2, 0) is 22.6 Å². The van der Waals surface area contributed by atoms with Crippen molar-refractivity contribution in [1.29, 1.82) is 0 Å². The zero-order valence-electron chi connectivity index (χ0n) is 48.0. The minimum absolute atomic E-state index is 0.0388. The lowest BCUT2D eigenvalue weighted by molar-refractivity contribution is 0.332. The average molecular weight is 1010 g/mol. The van der Waals surface area contributed by atoms with Gasteiger partial charge in [0.05, 0.1) is 28.1 Å². The highest BCUT2D eigenvalue weighted by Gasteiger charge is 2.38. The Kier molecular flexibility index (Phi) is 10.7. The minimum atomic E-state index is -1.75. The van der Waals surface area contributed by atoms with E-state index in [1.807, 2.05) is 63.4 Å². The highest BCUT2D eigenvalue weighted by atomic mass is 16.5. The third-order valence-electron chi connectivity index (χ3n) is 16.4. The summed E-state index contributed by atoms with van der Waals surface area (Å²) in [6, 6.07) is 62.6. The van der Waals surface area contributed by atoms with Crippen molar-refractivity contribution in [3.05, 3.63) is 204 Å². The van der Waals surface area contributed by atoms with Crippen LogP contribution in [0.15, 0.2) is 182 Å².